The minimum absolute atomic E-state index is 0.0287. The minimum Gasteiger partial charge on any atom is -0.459 e. The average Bonchev–Trinajstić information content (AvgIpc) is 3.31. The summed E-state index contributed by atoms with van der Waals surface area (Å²) in [6, 6.07) is 16.0. The van der Waals surface area contributed by atoms with Gasteiger partial charge in [0.2, 0.25) is 0 Å². The van der Waals surface area contributed by atoms with Crippen LogP contribution in [0.1, 0.15) is 47.2 Å². The molecule has 33 heavy (non-hydrogen) atoms. The van der Waals surface area contributed by atoms with Gasteiger partial charge in [0.05, 0.1) is 16.8 Å². The fourth-order valence-corrected chi connectivity index (χ4v) is 3.78. The van der Waals surface area contributed by atoms with Crippen LogP contribution in [0, 0.1) is 5.92 Å². The third-order valence-corrected chi connectivity index (χ3v) is 6.06. The standard InChI is InChI=1S/C26H30ClN3O3/c1-17(2)18(3)30(26(32)24-11-8-14-33-24)16-19-15-20(12-13-23(19)29(4)5)28-25(31)21-9-6-7-10-22(21)27/h6-15,17-18H,16H2,1-5H3,(H,28,31)/t18-/m0/s1. The molecule has 0 aliphatic carbocycles. The quantitative estimate of drug-likeness (QED) is 0.445. The number of hydrogen-bond acceptors (Lipinski definition) is 4. The van der Waals surface area contributed by atoms with E-state index in [0.717, 1.165) is 11.3 Å². The van der Waals surface area contributed by atoms with E-state index in [9.17, 15) is 9.59 Å². The zero-order valence-electron chi connectivity index (χ0n) is 19.6. The third-order valence-electron chi connectivity index (χ3n) is 5.73. The molecule has 0 saturated carbocycles. The molecule has 1 aromatic heterocycles. The first-order valence-electron chi connectivity index (χ1n) is 10.9. The third kappa shape index (κ3) is 5.76. The summed E-state index contributed by atoms with van der Waals surface area (Å²) < 4.78 is 5.39. The molecule has 0 radical (unpaired) electrons. The van der Waals surface area contributed by atoms with E-state index in [0.29, 0.717) is 28.6 Å². The van der Waals surface area contributed by atoms with Gasteiger partial charge in [-0.1, -0.05) is 37.6 Å². The number of nitrogens with zero attached hydrogens (tertiary/aromatic N) is 2. The maximum atomic E-state index is 13.3. The Hall–Kier alpha value is -3.25. The van der Waals surface area contributed by atoms with E-state index >= 15 is 0 Å². The largest absolute Gasteiger partial charge is 0.459 e. The maximum absolute atomic E-state index is 13.3. The molecule has 1 N–H and O–H groups in total. The van der Waals surface area contributed by atoms with Crippen LogP contribution in [0.2, 0.25) is 5.02 Å². The van der Waals surface area contributed by atoms with Crippen LogP contribution >= 0.6 is 11.6 Å². The highest BCUT2D eigenvalue weighted by molar-refractivity contribution is 6.34. The summed E-state index contributed by atoms with van der Waals surface area (Å²) in [5, 5.41) is 3.31. The molecule has 2 aromatic carbocycles. The Morgan fingerprint density at radius 3 is 2.36 bits per heavy atom. The van der Waals surface area contributed by atoms with Gasteiger partial charge in [-0.25, -0.2) is 0 Å². The summed E-state index contributed by atoms with van der Waals surface area (Å²) in [6.45, 7) is 6.56. The van der Waals surface area contributed by atoms with E-state index in [-0.39, 0.29) is 23.8 Å². The Balaban J connectivity index is 1.94. The van der Waals surface area contributed by atoms with Crippen molar-refractivity contribution in [1.29, 1.82) is 0 Å². The van der Waals surface area contributed by atoms with E-state index in [4.69, 9.17) is 16.0 Å². The lowest BCUT2D eigenvalue weighted by atomic mass is 10.0. The number of hydrogen-bond donors (Lipinski definition) is 1. The molecule has 6 nitrogen and oxygen atoms in total. The van der Waals surface area contributed by atoms with Gasteiger partial charge in [-0.3, -0.25) is 9.59 Å². The normalized spacial score (nSPS) is 11.8. The number of benzene rings is 2. The van der Waals surface area contributed by atoms with Crippen molar-refractivity contribution in [3.05, 3.63) is 82.8 Å². The second-order valence-corrected chi connectivity index (χ2v) is 8.97. The highest BCUT2D eigenvalue weighted by Crippen LogP contribution is 2.28. The number of anilines is 2. The minimum atomic E-state index is -0.289. The van der Waals surface area contributed by atoms with Crippen molar-refractivity contribution >= 4 is 34.8 Å². The van der Waals surface area contributed by atoms with Crippen molar-refractivity contribution in [2.45, 2.75) is 33.4 Å². The molecule has 2 amide bonds. The molecule has 174 valence electrons. The van der Waals surface area contributed by atoms with Gasteiger partial charge in [-0.2, -0.15) is 0 Å². The van der Waals surface area contributed by atoms with Gasteiger partial charge < -0.3 is 19.5 Å². The van der Waals surface area contributed by atoms with Crippen molar-refractivity contribution < 1.29 is 14.0 Å². The molecule has 0 saturated heterocycles. The zero-order chi connectivity index (χ0) is 24.1. The number of furan rings is 1. The fraction of sp³-hybridized carbons (Fsp3) is 0.308. The highest BCUT2D eigenvalue weighted by Gasteiger charge is 2.27. The Morgan fingerprint density at radius 2 is 1.76 bits per heavy atom. The molecule has 7 heteroatoms. The van der Waals surface area contributed by atoms with Crippen LogP contribution < -0.4 is 10.2 Å². The van der Waals surface area contributed by atoms with Crippen LogP contribution in [0.15, 0.2) is 65.3 Å². The number of nitrogens with one attached hydrogen (secondary N) is 1. The molecule has 0 aliphatic rings. The lowest BCUT2D eigenvalue weighted by Crippen LogP contribution is -2.41. The first-order valence-corrected chi connectivity index (χ1v) is 11.3. The lowest BCUT2D eigenvalue weighted by molar-refractivity contribution is 0.0595. The predicted octanol–water partition coefficient (Wildman–Crippen LogP) is 5.94. The summed E-state index contributed by atoms with van der Waals surface area (Å²) in [4.78, 5) is 29.8. The molecule has 1 atom stereocenters. The van der Waals surface area contributed by atoms with Crippen LogP contribution in [0.4, 0.5) is 11.4 Å². The van der Waals surface area contributed by atoms with E-state index in [2.05, 4.69) is 19.2 Å². The Bertz CT molecular complexity index is 1110. The molecule has 0 bridgehead atoms. The van der Waals surface area contributed by atoms with Crippen molar-refractivity contribution in [2.24, 2.45) is 5.92 Å². The fourth-order valence-electron chi connectivity index (χ4n) is 3.56. The molecule has 0 fully saturated rings. The average molecular weight is 468 g/mol. The van der Waals surface area contributed by atoms with Crippen LogP contribution in [-0.2, 0) is 6.54 Å². The highest BCUT2D eigenvalue weighted by atomic mass is 35.5. The number of amides is 2. The zero-order valence-corrected chi connectivity index (χ0v) is 20.4. The van der Waals surface area contributed by atoms with E-state index < -0.39 is 0 Å². The topological polar surface area (TPSA) is 65.8 Å². The van der Waals surface area contributed by atoms with Crippen LogP contribution in [0.5, 0.6) is 0 Å². The maximum Gasteiger partial charge on any atom is 0.290 e. The van der Waals surface area contributed by atoms with Gasteiger partial charge in [-0.15, -0.1) is 0 Å². The molecular weight excluding hydrogens is 438 g/mol. The van der Waals surface area contributed by atoms with Gasteiger partial charge in [0.15, 0.2) is 5.76 Å². The molecule has 0 spiro atoms. The molecular formula is C26H30ClN3O3. The molecule has 0 aliphatic heterocycles. The molecule has 1 heterocycles. The number of halogens is 1. The second kappa shape index (κ2) is 10.6. The van der Waals surface area contributed by atoms with Crippen LogP contribution in [-0.4, -0.2) is 36.9 Å². The first-order chi connectivity index (χ1) is 15.7. The smallest absolute Gasteiger partial charge is 0.290 e. The van der Waals surface area contributed by atoms with Crippen molar-refractivity contribution in [3.8, 4) is 0 Å². The van der Waals surface area contributed by atoms with E-state index in [1.807, 2.05) is 49.0 Å². The molecule has 3 rings (SSSR count). The number of carbonyl (C=O) groups excluding carboxylic acids is 2. The molecule has 0 unspecified atom stereocenters. The SMILES string of the molecule is CC(C)[C@H](C)N(Cc1cc(NC(=O)c2ccccc2Cl)ccc1N(C)C)C(=O)c1ccco1. The van der Waals surface area contributed by atoms with Gasteiger partial charge in [0, 0.05) is 38.1 Å². The summed E-state index contributed by atoms with van der Waals surface area (Å²) in [5.41, 5.74) is 2.90. The van der Waals surface area contributed by atoms with Crippen LogP contribution in [0.25, 0.3) is 0 Å². The first kappa shape index (κ1) is 24.4. The second-order valence-electron chi connectivity index (χ2n) is 8.57. The van der Waals surface area contributed by atoms with E-state index in [1.54, 1.807) is 36.4 Å². The summed E-state index contributed by atoms with van der Waals surface area (Å²) in [7, 11) is 3.90. The predicted molar refractivity (Wildman–Crippen MR) is 133 cm³/mol. The Kier molecular flexibility index (Phi) is 7.82. The lowest BCUT2D eigenvalue weighted by Gasteiger charge is -2.32. The van der Waals surface area contributed by atoms with Gasteiger partial charge in [0.1, 0.15) is 0 Å². The van der Waals surface area contributed by atoms with Crippen molar-refractivity contribution in [3.63, 3.8) is 0 Å². The number of carbonyl (C=O) groups is 2. The van der Waals surface area contributed by atoms with Gasteiger partial charge in [-0.05, 0) is 60.9 Å². The Morgan fingerprint density at radius 1 is 1.03 bits per heavy atom. The van der Waals surface area contributed by atoms with Crippen LogP contribution in [0.3, 0.4) is 0 Å². The van der Waals surface area contributed by atoms with Crippen molar-refractivity contribution in [2.75, 3.05) is 24.3 Å². The van der Waals surface area contributed by atoms with Crippen molar-refractivity contribution in [1.82, 2.24) is 4.90 Å². The Labute approximate surface area is 200 Å². The van der Waals surface area contributed by atoms with Gasteiger partial charge in [0.25, 0.3) is 11.8 Å². The summed E-state index contributed by atoms with van der Waals surface area (Å²) >= 11 is 6.18. The summed E-state index contributed by atoms with van der Waals surface area (Å²) in [5.74, 6) is 0.0894. The molecule has 3 aromatic rings. The number of rotatable bonds is 8. The van der Waals surface area contributed by atoms with Gasteiger partial charge >= 0.3 is 0 Å². The summed E-state index contributed by atoms with van der Waals surface area (Å²) in [6.07, 6.45) is 1.50. The van der Waals surface area contributed by atoms with E-state index in [1.165, 1.54) is 6.26 Å². The monoisotopic (exact) mass is 467 g/mol.